The van der Waals surface area contributed by atoms with Crippen LogP contribution in [0.1, 0.15) is 23.0 Å². The topological polar surface area (TPSA) is 67.6 Å². The third kappa shape index (κ3) is 2.49. The van der Waals surface area contributed by atoms with Crippen LogP contribution in [0, 0.1) is 0 Å². The normalized spacial score (nSPS) is 14.3. The minimum Gasteiger partial charge on any atom is -0.487 e. The lowest BCUT2D eigenvalue weighted by Gasteiger charge is -2.29. The number of carboxylic acids is 1. The van der Waals surface area contributed by atoms with Gasteiger partial charge in [0.05, 0.1) is 18.4 Å². The fourth-order valence-corrected chi connectivity index (χ4v) is 2.64. The molecule has 1 N–H and O–H groups in total. The Bertz CT molecular complexity index is 768. The SMILES string of the molecule is CN1CCOc2c1cccc2-n1ncc(C(=O)O)c1C(C)(F)F. The van der Waals surface area contributed by atoms with Gasteiger partial charge in [0, 0.05) is 14.0 Å². The molecular formula is C15H15F2N3O3. The average molecular weight is 323 g/mol. The van der Waals surface area contributed by atoms with Crippen molar-refractivity contribution < 1.29 is 23.4 Å². The van der Waals surface area contributed by atoms with E-state index in [2.05, 4.69) is 5.10 Å². The van der Waals surface area contributed by atoms with Gasteiger partial charge in [-0.05, 0) is 12.1 Å². The lowest BCUT2D eigenvalue weighted by Crippen LogP contribution is -2.29. The summed E-state index contributed by atoms with van der Waals surface area (Å²) in [4.78, 5) is 13.2. The van der Waals surface area contributed by atoms with Gasteiger partial charge < -0.3 is 14.7 Å². The van der Waals surface area contributed by atoms with Crippen molar-refractivity contribution in [1.29, 1.82) is 0 Å². The summed E-state index contributed by atoms with van der Waals surface area (Å²) >= 11 is 0. The van der Waals surface area contributed by atoms with Gasteiger partial charge in [-0.25, -0.2) is 9.48 Å². The zero-order valence-corrected chi connectivity index (χ0v) is 12.6. The van der Waals surface area contributed by atoms with Gasteiger partial charge >= 0.3 is 5.97 Å². The Balaban J connectivity index is 2.25. The first kappa shape index (κ1) is 15.3. The number of fused-ring (bicyclic) bond motifs is 1. The molecule has 2 aromatic rings. The highest BCUT2D eigenvalue weighted by atomic mass is 19.3. The second kappa shape index (κ2) is 5.22. The predicted molar refractivity (Wildman–Crippen MR) is 78.9 cm³/mol. The number of benzene rings is 1. The first-order valence-corrected chi connectivity index (χ1v) is 6.97. The molecule has 0 saturated heterocycles. The molecule has 1 aromatic carbocycles. The van der Waals surface area contributed by atoms with E-state index in [-0.39, 0.29) is 5.69 Å². The summed E-state index contributed by atoms with van der Waals surface area (Å²) in [6.45, 7) is 1.73. The number of hydrogen-bond donors (Lipinski definition) is 1. The van der Waals surface area contributed by atoms with Gasteiger partial charge in [0.2, 0.25) is 0 Å². The Hall–Kier alpha value is -2.64. The van der Waals surface area contributed by atoms with Gasteiger partial charge in [-0.2, -0.15) is 13.9 Å². The number of nitrogens with zero attached hydrogens (tertiary/aromatic N) is 3. The van der Waals surface area contributed by atoms with Crippen LogP contribution in [-0.2, 0) is 5.92 Å². The predicted octanol–water partition coefficient (Wildman–Crippen LogP) is 2.51. The van der Waals surface area contributed by atoms with E-state index < -0.39 is 23.1 Å². The molecule has 0 aliphatic carbocycles. The number of halogens is 2. The number of ether oxygens (including phenoxy) is 1. The zero-order valence-electron chi connectivity index (χ0n) is 12.6. The third-order valence-corrected chi connectivity index (χ3v) is 3.70. The third-order valence-electron chi connectivity index (χ3n) is 3.70. The van der Waals surface area contributed by atoms with E-state index in [1.54, 1.807) is 12.1 Å². The molecule has 1 aliphatic rings. The van der Waals surface area contributed by atoms with E-state index in [0.717, 1.165) is 16.6 Å². The van der Waals surface area contributed by atoms with Gasteiger partial charge in [-0.3, -0.25) is 0 Å². The Morgan fingerprint density at radius 2 is 2.09 bits per heavy atom. The zero-order chi connectivity index (χ0) is 16.8. The van der Waals surface area contributed by atoms with Crippen molar-refractivity contribution in [1.82, 2.24) is 9.78 Å². The first-order chi connectivity index (χ1) is 10.8. The molecule has 6 nitrogen and oxygen atoms in total. The number of aromatic carboxylic acids is 1. The van der Waals surface area contributed by atoms with Crippen LogP contribution in [0.3, 0.4) is 0 Å². The minimum absolute atomic E-state index is 0.290. The molecule has 0 spiro atoms. The number of hydrogen-bond acceptors (Lipinski definition) is 4. The van der Waals surface area contributed by atoms with Gasteiger partial charge in [-0.1, -0.05) is 6.07 Å². The van der Waals surface area contributed by atoms with E-state index in [1.165, 1.54) is 0 Å². The van der Waals surface area contributed by atoms with Crippen LogP contribution in [-0.4, -0.2) is 41.1 Å². The summed E-state index contributed by atoms with van der Waals surface area (Å²) in [5.41, 5.74) is -0.168. The molecule has 1 aliphatic heterocycles. The van der Waals surface area contributed by atoms with Crippen molar-refractivity contribution in [2.45, 2.75) is 12.8 Å². The molecule has 8 heteroatoms. The maximum Gasteiger partial charge on any atom is 0.339 e. The van der Waals surface area contributed by atoms with Crippen molar-refractivity contribution in [3.8, 4) is 11.4 Å². The smallest absolute Gasteiger partial charge is 0.339 e. The Morgan fingerprint density at radius 1 is 1.39 bits per heavy atom. The van der Waals surface area contributed by atoms with Crippen molar-refractivity contribution >= 4 is 11.7 Å². The molecule has 122 valence electrons. The molecule has 1 aromatic heterocycles. The van der Waals surface area contributed by atoms with Crippen LogP contribution >= 0.6 is 0 Å². The van der Waals surface area contributed by atoms with Crippen LogP contribution in [0.4, 0.5) is 14.5 Å². The summed E-state index contributed by atoms with van der Waals surface area (Å²) in [6.07, 6.45) is 0.932. The lowest BCUT2D eigenvalue weighted by atomic mass is 10.1. The van der Waals surface area contributed by atoms with Gasteiger partial charge in [0.25, 0.3) is 5.92 Å². The number of alkyl halides is 2. The summed E-state index contributed by atoms with van der Waals surface area (Å²) in [6, 6.07) is 5.08. The van der Waals surface area contributed by atoms with Gasteiger partial charge in [0.1, 0.15) is 23.6 Å². The van der Waals surface area contributed by atoms with E-state index in [4.69, 9.17) is 9.84 Å². The Morgan fingerprint density at radius 3 is 2.74 bits per heavy atom. The van der Waals surface area contributed by atoms with E-state index >= 15 is 0 Å². The Labute approximate surface area is 130 Å². The molecule has 23 heavy (non-hydrogen) atoms. The second-order valence-electron chi connectivity index (χ2n) is 5.41. The highest BCUT2D eigenvalue weighted by Crippen LogP contribution is 2.39. The van der Waals surface area contributed by atoms with Crippen LogP contribution in [0.15, 0.2) is 24.4 Å². The van der Waals surface area contributed by atoms with Gasteiger partial charge in [0.15, 0.2) is 5.75 Å². The molecule has 0 radical (unpaired) electrons. The molecule has 0 saturated carbocycles. The van der Waals surface area contributed by atoms with Crippen molar-refractivity contribution in [3.05, 3.63) is 35.7 Å². The summed E-state index contributed by atoms with van der Waals surface area (Å²) < 4.78 is 34.5. The minimum atomic E-state index is -3.37. The molecule has 0 unspecified atom stereocenters. The monoisotopic (exact) mass is 323 g/mol. The average Bonchev–Trinajstić information content (AvgIpc) is 2.92. The number of para-hydroxylation sites is 1. The largest absolute Gasteiger partial charge is 0.487 e. The number of carboxylic acid groups (broad SMARTS) is 1. The van der Waals surface area contributed by atoms with E-state index in [9.17, 15) is 13.6 Å². The quantitative estimate of drug-likeness (QED) is 0.940. The second-order valence-corrected chi connectivity index (χ2v) is 5.41. The molecule has 0 bridgehead atoms. The van der Waals surface area contributed by atoms with Crippen LogP contribution in [0.25, 0.3) is 5.69 Å². The van der Waals surface area contributed by atoms with Crippen molar-refractivity contribution in [2.75, 3.05) is 25.1 Å². The number of likely N-dealkylation sites (N-methyl/N-ethyl adjacent to an activating group) is 1. The summed E-state index contributed by atoms with van der Waals surface area (Å²) in [5, 5.41) is 13.0. The lowest BCUT2D eigenvalue weighted by molar-refractivity contribution is 0.00829. The Kier molecular flexibility index (Phi) is 3.46. The molecule has 0 atom stereocenters. The molecular weight excluding hydrogens is 308 g/mol. The summed E-state index contributed by atoms with van der Waals surface area (Å²) in [7, 11) is 1.87. The fraction of sp³-hybridized carbons (Fsp3) is 0.333. The van der Waals surface area contributed by atoms with Crippen LogP contribution < -0.4 is 9.64 Å². The number of aromatic nitrogens is 2. The molecule has 0 amide bonds. The van der Waals surface area contributed by atoms with Crippen molar-refractivity contribution in [2.24, 2.45) is 0 Å². The van der Waals surface area contributed by atoms with E-state index in [1.807, 2.05) is 18.0 Å². The van der Waals surface area contributed by atoms with E-state index in [0.29, 0.717) is 25.8 Å². The van der Waals surface area contributed by atoms with Crippen LogP contribution in [0.5, 0.6) is 5.75 Å². The maximum atomic E-state index is 14.0. The number of rotatable bonds is 3. The highest BCUT2D eigenvalue weighted by molar-refractivity contribution is 5.89. The molecule has 0 fully saturated rings. The first-order valence-electron chi connectivity index (χ1n) is 6.97. The van der Waals surface area contributed by atoms with Gasteiger partial charge in [-0.15, -0.1) is 0 Å². The maximum absolute atomic E-state index is 14.0. The number of anilines is 1. The standard InChI is InChI=1S/C15H15F2N3O3/c1-15(16,17)13-9(14(21)22)8-18-20(13)11-5-3-4-10-12(11)23-7-6-19(10)2/h3-5,8H,6-7H2,1-2H3,(H,21,22). The highest BCUT2D eigenvalue weighted by Gasteiger charge is 2.36. The molecule has 3 rings (SSSR count). The fourth-order valence-electron chi connectivity index (χ4n) is 2.64. The van der Waals surface area contributed by atoms with Crippen molar-refractivity contribution in [3.63, 3.8) is 0 Å². The molecule has 2 heterocycles. The van der Waals surface area contributed by atoms with Crippen LogP contribution in [0.2, 0.25) is 0 Å². The number of carbonyl (C=O) groups is 1. The summed E-state index contributed by atoms with van der Waals surface area (Å²) in [5.74, 6) is -4.41.